The van der Waals surface area contributed by atoms with E-state index in [0.717, 1.165) is 0 Å². The molecule has 4 aromatic rings. The van der Waals surface area contributed by atoms with Crippen LogP contribution in [0.3, 0.4) is 0 Å². The van der Waals surface area contributed by atoms with Gasteiger partial charge in [-0.2, -0.15) is 0 Å². The molecule has 158 valence electrons. The summed E-state index contributed by atoms with van der Waals surface area (Å²) in [4.78, 5) is 23.8. The molecule has 0 spiro atoms. The van der Waals surface area contributed by atoms with Crippen LogP contribution in [0.5, 0.6) is 0 Å². The van der Waals surface area contributed by atoms with E-state index in [2.05, 4.69) is 9.97 Å². The second-order valence-corrected chi connectivity index (χ2v) is 10.0. The summed E-state index contributed by atoms with van der Waals surface area (Å²) in [6, 6.07) is 15.5. The van der Waals surface area contributed by atoms with Gasteiger partial charge >= 0.3 is 0 Å². The average molecular weight is 456 g/mol. The summed E-state index contributed by atoms with van der Waals surface area (Å²) in [5, 5.41) is 0.404. The number of pyridine rings is 1. The van der Waals surface area contributed by atoms with Crippen LogP contribution in [0.4, 0.5) is 9.52 Å². The standard InChI is InChI=1S/C22H18FN3O3S2/c1-2-31(28,29)18-9-6-15(7-10-18)21(27)26(14-17-5-3-4-12-24-17)22-25-19-11-8-16(23)13-20(19)30-22/h3-13H,2,14H2,1H3. The second-order valence-electron chi connectivity index (χ2n) is 6.75. The summed E-state index contributed by atoms with van der Waals surface area (Å²) in [7, 11) is -3.36. The molecule has 1 amide bonds. The van der Waals surface area contributed by atoms with E-state index in [-0.39, 0.29) is 28.9 Å². The molecular formula is C22H18FN3O3S2. The molecule has 2 aromatic heterocycles. The minimum absolute atomic E-state index is 0.0195. The van der Waals surface area contributed by atoms with Gasteiger partial charge < -0.3 is 0 Å². The maximum atomic E-state index is 13.6. The Bertz CT molecular complexity index is 1340. The number of fused-ring (bicyclic) bond motifs is 1. The van der Waals surface area contributed by atoms with E-state index in [9.17, 15) is 17.6 Å². The smallest absolute Gasteiger partial charge is 0.260 e. The number of nitrogens with zero attached hydrogens (tertiary/aromatic N) is 3. The highest BCUT2D eigenvalue weighted by molar-refractivity contribution is 7.91. The Morgan fingerprint density at radius 1 is 1.10 bits per heavy atom. The Labute approximate surface area is 182 Å². The van der Waals surface area contributed by atoms with Crippen molar-refractivity contribution in [1.29, 1.82) is 0 Å². The molecule has 0 bridgehead atoms. The van der Waals surface area contributed by atoms with Crippen LogP contribution >= 0.6 is 11.3 Å². The van der Waals surface area contributed by atoms with Crippen molar-refractivity contribution in [2.45, 2.75) is 18.4 Å². The number of halogens is 1. The van der Waals surface area contributed by atoms with Crippen LogP contribution in [0, 0.1) is 5.82 Å². The fourth-order valence-electron chi connectivity index (χ4n) is 3.01. The first-order valence-electron chi connectivity index (χ1n) is 9.48. The van der Waals surface area contributed by atoms with E-state index in [1.54, 1.807) is 31.3 Å². The predicted molar refractivity (Wildman–Crippen MR) is 118 cm³/mol. The quantitative estimate of drug-likeness (QED) is 0.429. The minimum Gasteiger partial charge on any atom is -0.278 e. The molecular weight excluding hydrogens is 437 g/mol. The molecule has 0 aliphatic carbocycles. The lowest BCUT2D eigenvalue weighted by Gasteiger charge is -2.19. The molecule has 4 rings (SSSR count). The molecule has 0 aliphatic heterocycles. The van der Waals surface area contributed by atoms with Crippen LogP contribution in [0.2, 0.25) is 0 Å². The molecule has 31 heavy (non-hydrogen) atoms. The van der Waals surface area contributed by atoms with Crippen LogP contribution in [-0.2, 0) is 16.4 Å². The van der Waals surface area contributed by atoms with Gasteiger partial charge in [-0.15, -0.1) is 0 Å². The second kappa shape index (κ2) is 8.52. The summed E-state index contributed by atoms with van der Waals surface area (Å²) < 4.78 is 38.4. The van der Waals surface area contributed by atoms with Crippen LogP contribution < -0.4 is 4.90 Å². The Morgan fingerprint density at radius 3 is 2.55 bits per heavy atom. The fraction of sp³-hybridized carbons (Fsp3) is 0.136. The van der Waals surface area contributed by atoms with Crippen molar-refractivity contribution in [3.8, 4) is 0 Å². The van der Waals surface area contributed by atoms with Gasteiger partial charge in [-0.25, -0.2) is 17.8 Å². The molecule has 0 radical (unpaired) electrons. The molecule has 0 unspecified atom stereocenters. The molecule has 9 heteroatoms. The SMILES string of the molecule is CCS(=O)(=O)c1ccc(C(=O)N(Cc2ccccn2)c2nc3ccc(F)cc3s2)cc1. The third-order valence-corrected chi connectivity index (χ3v) is 7.49. The van der Waals surface area contributed by atoms with E-state index >= 15 is 0 Å². The molecule has 0 fully saturated rings. The zero-order valence-corrected chi connectivity index (χ0v) is 18.2. The third kappa shape index (κ3) is 4.47. The van der Waals surface area contributed by atoms with Gasteiger partial charge in [0, 0.05) is 11.8 Å². The van der Waals surface area contributed by atoms with Gasteiger partial charge in [0.1, 0.15) is 5.82 Å². The number of hydrogen-bond donors (Lipinski definition) is 0. The number of amides is 1. The highest BCUT2D eigenvalue weighted by Crippen LogP contribution is 2.31. The van der Waals surface area contributed by atoms with Crippen molar-refractivity contribution in [2.24, 2.45) is 0 Å². The Hall–Kier alpha value is -3.17. The molecule has 2 aromatic carbocycles. The number of hydrogen-bond acceptors (Lipinski definition) is 6. The number of carbonyl (C=O) groups excluding carboxylic acids is 1. The molecule has 6 nitrogen and oxygen atoms in total. The minimum atomic E-state index is -3.36. The first kappa shape index (κ1) is 21.1. The van der Waals surface area contributed by atoms with Crippen molar-refractivity contribution < 1.29 is 17.6 Å². The number of thiazole rings is 1. The van der Waals surface area contributed by atoms with E-state index in [0.29, 0.717) is 26.6 Å². The van der Waals surface area contributed by atoms with Crippen LogP contribution in [0.25, 0.3) is 10.2 Å². The molecule has 0 saturated heterocycles. The Kier molecular flexibility index (Phi) is 5.79. The fourth-order valence-corrected chi connectivity index (χ4v) is 4.88. The van der Waals surface area contributed by atoms with Gasteiger partial charge in [-0.05, 0) is 54.6 Å². The Morgan fingerprint density at radius 2 is 1.87 bits per heavy atom. The van der Waals surface area contributed by atoms with Crippen LogP contribution in [0.15, 0.2) is 71.8 Å². The van der Waals surface area contributed by atoms with Crippen molar-refractivity contribution in [2.75, 3.05) is 10.7 Å². The summed E-state index contributed by atoms with van der Waals surface area (Å²) in [6.45, 7) is 1.73. The number of carbonyl (C=O) groups is 1. The highest BCUT2D eigenvalue weighted by Gasteiger charge is 2.23. The monoisotopic (exact) mass is 455 g/mol. The first-order valence-corrected chi connectivity index (χ1v) is 11.9. The van der Waals surface area contributed by atoms with E-state index < -0.39 is 9.84 Å². The van der Waals surface area contributed by atoms with Gasteiger partial charge in [0.05, 0.1) is 33.1 Å². The number of benzene rings is 2. The highest BCUT2D eigenvalue weighted by atomic mass is 32.2. The summed E-state index contributed by atoms with van der Waals surface area (Å²) in [6.07, 6.45) is 1.64. The van der Waals surface area contributed by atoms with E-state index in [1.807, 2.05) is 6.07 Å². The van der Waals surface area contributed by atoms with Gasteiger partial charge in [0.15, 0.2) is 15.0 Å². The Balaban J connectivity index is 1.73. The van der Waals surface area contributed by atoms with Crippen molar-refractivity contribution >= 4 is 42.4 Å². The number of aromatic nitrogens is 2. The van der Waals surface area contributed by atoms with Crippen molar-refractivity contribution in [1.82, 2.24) is 9.97 Å². The molecule has 0 atom stereocenters. The molecule has 0 aliphatic rings. The summed E-state index contributed by atoms with van der Waals surface area (Å²) >= 11 is 1.20. The normalized spacial score (nSPS) is 11.5. The third-order valence-electron chi connectivity index (χ3n) is 4.70. The van der Waals surface area contributed by atoms with Gasteiger partial charge in [0.25, 0.3) is 5.91 Å². The van der Waals surface area contributed by atoms with Crippen molar-refractivity contribution in [3.63, 3.8) is 0 Å². The largest absolute Gasteiger partial charge is 0.278 e. The molecule has 0 N–H and O–H groups in total. The lowest BCUT2D eigenvalue weighted by Crippen LogP contribution is -2.30. The van der Waals surface area contributed by atoms with Gasteiger partial charge in [-0.1, -0.05) is 24.3 Å². The number of anilines is 1. The van der Waals surface area contributed by atoms with Crippen molar-refractivity contribution in [3.05, 3.63) is 83.9 Å². The lowest BCUT2D eigenvalue weighted by molar-refractivity contribution is 0.0984. The maximum absolute atomic E-state index is 13.6. The van der Waals surface area contributed by atoms with Crippen LogP contribution in [0.1, 0.15) is 23.0 Å². The number of sulfone groups is 1. The first-order chi connectivity index (χ1) is 14.9. The predicted octanol–water partition coefficient (Wildman–Crippen LogP) is 4.47. The topological polar surface area (TPSA) is 80.2 Å². The van der Waals surface area contributed by atoms with E-state index in [4.69, 9.17) is 0 Å². The van der Waals surface area contributed by atoms with E-state index in [1.165, 1.54) is 52.6 Å². The van der Waals surface area contributed by atoms with Gasteiger partial charge in [-0.3, -0.25) is 14.7 Å². The summed E-state index contributed by atoms with van der Waals surface area (Å²) in [5.41, 5.74) is 1.56. The van der Waals surface area contributed by atoms with Gasteiger partial charge in [0.2, 0.25) is 0 Å². The van der Waals surface area contributed by atoms with Crippen LogP contribution in [-0.4, -0.2) is 30.0 Å². The molecule has 0 saturated carbocycles. The average Bonchev–Trinajstić information content (AvgIpc) is 3.20. The maximum Gasteiger partial charge on any atom is 0.260 e. The number of rotatable bonds is 6. The zero-order chi connectivity index (χ0) is 22.0. The molecule has 2 heterocycles. The summed E-state index contributed by atoms with van der Waals surface area (Å²) in [5.74, 6) is -0.752. The lowest BCUT2D eigenvalue weighted by atomic mass is 10.2. The zero-order valence-electron chi connectivity index (χ0n) is 16.5.